The van der Waals surface area contributed by atoms with Gasteiger partial charge in [-0.25, -0.2) is 0 Å². The Hall–Kier alpha value is -2.23. The van der Waals surface area contributed by atoms with E-state index in [0.717, 1.165) is 0 Å². The fourth-order valence-electron chi connectivity index (χ4n) is 4.03. The standard InChI is InChI=1S/2C12H15N.ClH.H2O/c2*1-9-12(2,3)10-7-5-6-8-11(10)13(9)4;;/h2*5-8H,1H2,2-4H3;1H;1H2. The molecule has 0 saturated carbocycles. The second kappa shape index (κ2) is 8.02. The molecule has 4 rings (SSSR count). The van der Waals surface area contributed by atoms with Crippen LogP contribution in [0.15, 0.2) is 73.1 Å². The molecule has 152 valence electrons. The molecule has 2 aliphatic heterocycles. The number of hydrogen-bond acceptors (Lipinski definition) is 2. The van der Waals surface area contributed by atoms with Crippen LogP contribution in [-0.2, 0) is 10.8 Å². The number of benzene rings is 2. The normalized spacial score (nSPS) is 17.6. The molecule has 0 bridgehead atoms. The van der Waals surface area contributed by atoms with E-state index in [-0.39, 0.29) is 28.7 Å². The van der Waals surface area contributed by atoms with Crippen molar-refractivity contribution in [1.29, 1.82) is 0 Å². The molecule has 2 aliphatic rings. The summed E-state index contributed by atoms with van der Waals surface area (Å²) in [6.45, 7) is 17.1. The van der Waals surface area contributed by atoms with Gasteiger partial charge in [-0.15, -0.1) is 12.4 Å². The summed E-state index contributed by atoms with van der Waals surface area (Å²) in [7, 11) is 4.16. The smallest absolute Gasteiger partial charge is 0.0447 e. The number of nitrogens with zero attached hydrogens (tertiary/aromatic N) is 2. The molecule has 28 heavy (non-hydrogen) atoms. The Morgan fingerprint density at radius 3 is 1.21 bits per heavy atom. The second-order valence-corrected chi connectivity index (χ2v) is 8.30. The lowest BCUT2D eigenvalue weighted by Crippen LogP contribution is -2.21. The van der Waals surface area contributed by atoms with Crippen molar-refractivity contribution in [2.75, 3.05) is 23.9 Å². The van der Waals surface area contributed by atoms with E-state index in [9.17, 15) is 0 Å². The Balaban J connectivity index is 0.000000261. The van der Waals surface area contributed by atoms with Gasteiger partial charge in [-0.05, 0) is 23.3 Å². The third kappa shape index (κ3) is 3.45. The molecular formula is C24H33ClN2O. The molecule has 4 heteroatoms. The first-order chi connectivity index (χ1) is 12.1. The van der Waals surface area contributed by atoms with Gasteiger partial charge in [0.05, 0.1) is 0 Å². The van der Waals surface area contributed by atoms with E-state index in [0.29, 0.717) is 0 Å². The lowest BCUT2D eigenvalue weighted by molar-refractivity contribution is 0.643. The van der Waals surface area contributed by atoms with Crippen LogP contribution in [0, 0.1) is 0 Å². The molecule has 2 aromatic carbocycles. The van der Waals surface area contributed by atoms with Crippen molar-refractivity contribution in [2.24, 2.45) is 0 Å². The average molecular weight is 401 g/mol. The highest BCUT2D eigenvalue weighted by atomic mass is 35.5. The minimum Gasteiger partial charge on any atom is -0.412 e. The first kappa shape index (κ1) is 23.8. The first-order valence-corrected chi connectivity index (χ1v) is 9.15. The summed E-state index contributed by atoms with van der Waals surface area (Å²) < 4.78 is 0. The average Bonchev–Trinajstić information content (AvgIpc) is 2.92. The maximum atomic E-state index is 4.13. The van der Waals surface area contributed by atoms with Crippen LogP contribution in [0.4, 0.5) is 11.4 Å². The third-order valence-electron chi connectivity index (χ3n) is 6.13. The maximum absolute atomic E-state index is 4.13. The Bertz CT molecular complexity index is 812. The van der Waals surface area contributed by atoms with E-state index >= 15 is 0 Å². The summed E-state index contributed by atoms with van der Waals surface area (Å²) in [5.41, 5.74) is 7.86. The summed E-state index contributed by atoms with van der Waals surface area (Å²) in [6, 6.07) is 17.0. The van der Waals surface area contributed by atoms with Crippen LogP contribution in [0.5, 0.6) is 0 Å². The van der Waals surface area contributed by atoms with Gasteiger partial charge in [0.1, 0.15) is 0 Å². The zero-order chi connectivity index (χ0) is 19.3. The van der Waals surface area contributed by atoms with E-state index in [4.69, 9.17) is 0 Å². The number of anilines is 2. The highest BCUT2D eigenvalue weighted by Crippen LogP contribution is 2.46. The number of allylic oxidation sites excluding steroid dienone is 2. The van der Waals surface area contributed by atoms with E-state index in [1.165, 1.54) is 33.9 Å². The Morgan fingerprint density at radius 2 is 0.929 bits per heavy atom. The van der Waals surface area contributed by atoms with Crippen LogP contribution in [0.25, 0.3) is 0 Å². The molecule has 0 aromatic heterocycles. The Kier molecular flexibility index (Phi) is 6.82. The topological polar surface area (TPSA) is 38.0 Å². The lowest BCUT2D eigenvalue weighted by Gasteiger charge is -2.22. The molecule has 0 atom stereocenters. The van der Waals surface area contributed by atoms with Gasteiger partial charge in [-0.3, -0.25) is 0 Å². The van der Waals surface area contributed by atoms with Crippen molar-refractivity contribution < 1.29 is 5.48 Å². The minimum atomic E-state index is 0. The highest BCUT2D eigenvalue weighted by Gasteiger charge is 2.37. The van der Waals surface area contributed by atoms with Gasteiger partial charge in [0.2, 0.25) is 0 Å². The number of hydrogen-bond donors (Lipinski definition) is 0. The maximum Gasteiger partial charge on any atom is 0.0447 e. The lowest BCUT2D eigenvalue weighted by atomic mass is 9.85. The van der Waals surface area contributed by atoms with E-state index in [1.54, 1.807) is 0 Å². The van der Waals surface area contributed by atoms with E-state index in [2.05, 4.69) is 113 Å². The fraction of sp³-hybridized carbons (Fsp3) is 0.333. The van der Waals surface area contributed by atoms with Gasteiger partial charge in [-0.1, -0.05) is 77.3 Å². The number of fused-ring (bicyclic) bond motifs is 2. The summed E-state index contributed by atoms with van der Waals surface area (Å²) in [5.74, 6) is 0. The second-order valence-electron chi connectivity index (χ2n) is 8.30. The van der Waals surface area contributed by atoms with Gasteiger partial charge < -0.3 is 15.3 Å². The number of para-hydroxylation sites is 2. The fourth-order valence-corrected chi connectivity index (χ4v) is 4.03. The molecule has 2 N–H and O–H groups in total. The van der Waals surface area contributed by atoms with Crippen molar-refractivity contribution in [2.45, 2.75) is 38.5 Å². The molecule has 2 aromatic rings. The van der Waals surface area contributed by atoms with Gasteiger partial charge in [0.15, 0.2) is 0 Å². The molecule has 0 aliphatic carbocycles. The Morgan fingerprint density at radius 1 is 0.643 bits per heavy atom. The van der Waals surface area contributed by atoms with Crippen molar-refractivity contribution in [1.82, 2.24) is 0 Å². The molecule has 0 radical (unpaired) electrons. The number of likely N-dealkylation sites (N-methyl/N-ethyl adjacent to an activating group) is 2. The quantitative estimate of drug-likeness (QED) is 0.589. The molecule has 3 nitrogen and oxygen atoms in total. The summed E-state index contributed by atoms with van der Waals surface area (Å²) >= 11 is 0. The Labute approximate surface area is 176 Å². The zero-order valence-electron chi connectivity index (χ0n) is 17.8. The van der Waals surface area contributed by atoms with Crippen LogP contribution in [0.1, 0.15) is 38.8 Å². The van der Waals surface area contributed by atoms with Crippen LogP contribution in [0.3, 0.4) is 0 Å². The van der Waals surface area contributed by atoms with Gasteiger partial charge in [0, 0.05) is 47.7 Å². The van der Waals surface area contributed by atoms with Gasteiger partial charge in [0.25, 0.3) is 0 Å². The zero-order valence-corrected chi connectivity index (χ0v) is 18.7. The van der Waals surface area contributed by atoms with Crippen molar-refractivity contribution in [3.05, 3.63) is 84.2 Å². The van der Waals surface area contributed by atoms with Crippen molar-refractivity contribution in [3.8, 4) is 0 Å². The molecular weight excluding hydrogens is 368 g/mol. The predicted octanol–water partition coefficient (Wildman–Crippen LogP) is 5.45. The van der Waals surface area contributed by atoms with Crippen molar-refractivity contribution >= 4 is 23.8 Å². The monoisotopic (exact) mass is 400 g/mol. The summed E-state index contributed by atoms with van der Waals surface area (Å²) in [5, 5.41) is 0. The van der Waals surface area contributed by atoms with Crippen LogP contribution in [-0.4, -0.2) is 19.6 Å². The molecule has 0 unspecified atom stereocenters. The highest BCUT2D eigenvalue weighted by molar-refractivity contribution is 5.85. The van der Waals surface area contributed by atoms with Crippen molar-refractivity contribution in [3.63, 3.8) is 0 Å². The molecule has 0 fully saturated rings. The third-order valence-corrected chi connectivity index (χ3v) is 6.13. The predicted molar refractivity (Wildman–Crippen MR) is 125 cm³/mol. The molecule has 2 heterocycles. The molecule has 0 spiro atoms. The number of rotatable bonds is 0. The van der Waals surface area contributed by atoms with Crippen LogP contribution < -0.4 is 9.80 Å². The minimum absolute atomic E-state index is 0. The SMILES string of the molecule is C=C1N(C)c2ccccc2C1(C)C.C=C1N(C)c2ccccc2C1(C)C.Cl.O. The summed E-state index contributed by atoms with van der Waals surface area (Å²) in [6.07, 6.45) is 0. The van der Waals surface area contributed by atoms with Crippen LogP contribution >= 0.6 is 12.4 Å². The first-order valence-electron chi connectivity index (χ1n) is 9.15. The molecule has 0 saturated heterocycles. The number of halogens is 1. The van der Waals surface area contributed by atoms with E-state index < -0.39 is 0 Å². The van der Waals surface area contributed by atoms with Gasteiger partial charge in [-0.2, -0.15) is 0 Å². The van der Waals surface area contributed by atoms with Gasteiger partial charge >= 0.3 is 0 Å². The largest absolute Gasteiger partial charge is 0.412 e. The van der Waals surface area contributed by atoms with E-state index in [1.807, 2.05) is 0 Å². The summed E-state index contributed by atoms with van der Waals surface area (Å²) in [4.78, 5) is 4.35. The van der Waals surface area contributed by atoms with Crippen LogP contribution in [0.2, 0.25) is 0 Å². The molecule has 0 amide bonds.